The summed E-state index contributed by atoms with van der Waals surface area (Å²) in [6.45, 7) is 3.94. The Morgan fingerprint density at radius 2 is 1.76 bits per heavy atom. The average Bonchev–Trinajstić information content (AvgIpc) is 2.95. The molecule has 0 radical (unpaired) electrons. The van der Waals surface area contributed by atoms with Gasteiger partial charge in [0, 0.05) is 10.7 Å². The lowest BCUT2D eigenvalue weighted by atomic mass is 9.76. The Hall–Kier alpha value is -2.66. The smallest absolute Gasteiger partial charge is 0.257 e. The Balaban J connectivity index is 1.67. The Kier molecular flexibility index (Phi) is 5.17. The maximum atomic E-state index is 13.1. The van der Waals surface area contributed by atoms with Gasteiger partial charge in [0.25, 0.3) is 5.91 Å². The topological polar surface area (TPSA) is 66.5 Å². The third kappa shape index (κ3) is 3.44. The molecule has 0 unspecified atom stereocenters. The Labute approximate surface area is 175 Å². The molecule has 1 N–H and O–H groups in total. The molecule has 0 spiro atoms. The molecule has 5 nitrogen and oxygen atoms in total. The van der Waals surface area contributed by atoms with E-state index in [0.717, 1.165) is 24.8 Å². The van der Waals surface area contributed by atoms with Crippen LogP contribution < -0.4 is 10.2 Å². The highest BCUT2D eigenvalue weighted by Crippen LogP contribution is 2.42. The quantitative estimate of drug-likeness (QED) is 0.737. The van der Waals surface area contributed by atoms with Crippen molar-refractivity contribution >= 4 is 40.7 Å². The van der Waals surface area contributed by atoms with Crippen LogP contribution >= 0.6 is 11.6 Å². The van der Waals surface area contributed by atoms with Crippen molar-refractivity contribution in [1.29, 1.82) is 0 Å². The molecule has 2 fully saturated rings. The number of imide groups is 1. The molecule has 1 aliphatic carbocycles. The van der Waals surface area contributed by atoms with Gasteiger partial charge in [-0.1, -0.05) is 36.7 Å². The molecule has 2 aromatic carbocycles. The normalized spacial score (nSPS) is 23.8. The highest BCUT2D eigenvalue weighted by molar-refractivity contribution is 6.32. The first-order chi connectivity index (χ1) is 13.9. The molecule has 1 aliphatic heterocycles. The molecule has 4 rings (SSSR count). The second kappa shape index (κ2) is 7.64. The lowest BCUT2D eigenvalue weighted by Crippen LogP contribution is -2.33. The number of benzene rings is 2. The summed E-state index contributed by atoms with van der Waals surface area (Å²) in [6.07, 6.45) is 2.40. The van der Waals surface area contributed by atoms with Crippen molar-refractivity contribution < 1.29 is 14.4 Å². The van der Waals surface area contributed by atoms with E-state index in [4.69, 9.17) is 11.6 Å². The molecule has 29 heavy (non-hydrogen) atoms. The number of nitrogens with zero attached hydrogens (tertiary/aromatic N) is 1. The van der Waals surface area contributed by atoms with E-state index in [1.807, 2.05) is 6.92 Å². The summed E-state index contributed by atoms with van der Waals surface area (Å²) in [6, 6.07) is 12.0. The lowest BCUT2D eigenvalue weighted by molar-refractivity contribution is -0.122. The van der Waals surface area contributed by atoms with E-state index in [2.05, 4.69) is 12.2 Å². The molecular formula is C23H23ClN2O3. The molecule has 1 saturated heterocycles. The number of rotatable bonds is 3. The Morgan fingerprint density at radius 3 is 2.55 bits per heavy atom. The zero-order chi connectivity index (χ0) is 20.7. The van der Waals surface area contributed by atoms with Gasteiger partial charge in [0.05, 0.1) is 23.1 Å². The first-order valence-electron chi connectivity index (χ1n) is 9.91. The lowest BCUT2D eigenvalue weighted by Gasteiger charge is -2.25. The van der Waals surface area contributed by atoms with E-state index in [1.54, 1.807) is 42.5 Å². The fourth-order valence-electron chi connectivity index (χ4n) is 4.42. The molecule has 1 heterocycles. The summed E-state index contributed by atoms with van der Waals surface area (Å²) >= 11 is 6.15. The minimum atomic E-state index is -0.380. The van der Waals surface area contributed by atoms with E-state index >= 15 is 0 Å². The summed E-state index contributed by atoms with van der Waals surface area (Å²) in [5.41, 5.74) is 1.99. The summed E-state index contributed by atoms with van der Waals surface area (Å²) < 4.78 is 0. The monoisotopic (exact) mass is 410 g/mol. The van der Waals surface area contributed by atoms with Crippen LogP contribution in [0.2, 0.25) is 5.02 Å². The van der Waals surface area contributed by atoms with Crippen molar-refractivity contribution in [2.75, 3.05) is 10.2 Å². The fourth-order valence-corrected chi connectivity index (χ4v) is 4.59. The summed E-state index contributed by atoms with van der Waals surface area (Å²) in [5, 5.41) is 3.41. The second-order valence-electron chi connectivity index (χ2n) is 8.03. The van der Waals surface area contributed by atoms with Crippen LogP contribution in [-0.4, -0.2) is 17.7 Å². The van der Waals surface area contributed by atoms with Gasteiger partial charge >= 0.3 is 0 Å². The van der Waals surface area contributed by atoms with Crippen molar-refractivity contribution in [3.63, 3.8) is 0 Å². The zero-order valence-electron chi connectivity index (χ0n) is 16.4. The van der Waals surface area contributed by atoms with Crippen molar-refractivity contribution in [3.05, 3.63) is 58.6 Å². The first kappa shape index (κ1) is 19.6. The van der Waals surface area contributed by atoms with Crippen LogP contribution in [0, 0.1) is 24.7 Å². The molecule has 0 aromatic heterocycles. The summed E-state index contributed by atoms with van der Waals surface area (Å²) in [5.74, 6) is -0.883. The molecule has 0 bridgehead atoms. The standard InChI is InChI=1S/C23H23ClN2O3/c1-13-10-11-15-17(12-13)23(29)26(22(15)28)20-9-4-3-6-16(20)21(27)25-19-8-5-7-18(24)14(19)2/h3-9,13,15,17H,10-12H2,1-2H3,(H,25,27)/t13-,15-,17-/m0/s1. The Morgan fingerprint density at radius 1 is 1.03 bits per heavy atom. The van der Waals surface area contributed by atoms with Crippen LogP contribution in [0.4, 0.5) is 11.4 Å². The number of para-hydroxylation sites is 1. The number of carbonyl (C=O) groups is 3. The van der Waals surface area contributed by atoms with E-state index in [-0.39, 0.29) is 29.6 Å². The number of anilines is 2. The molecule has 2 aliphatic rings. The minimum absolute atomic E-state index is 0.189. The van der Waals surface area contributed by atoms with Crippen LogP contribution in [0.5, 0.6) is 0 Å². The number of fused-ring (bicyclic) bond motifs is 1. The van der Waals surface area contributed by atoms with Gasteiger partial charge in [0.1, 0.15) is 0 Å². The van der Waals surface area contributed by atoms with E-state index in [0.29, 0.717) is 27.9 Å². The number of nitrogens with one attached hydrogen (secondary N) is 1. The molecule has 3 atom stereocenters. The van der Waals surface area contributed by atoms with Gasteiger partial charge < -0.3 is 5.32 Å². The van der Waals surface area contributed by atoms with Crippen molar-refractivity contribution in [1.82, 2.24) is 0 Å². The first-order valence-corrected chi connectivity index (χ1v) is 10.3. The van der Waals surface area contributed by atoms with Gasteiger partial charge in [-0.15, -0.1) is 0 Å². The van der Waals surface area contributed by atoms with Crippen molar-refractivity contribution in [2.45, 2.75) is 33.1 Å². The largest absolute Gasteiger partial charge is 0.322 e. The number of hydrogen-bond donors (Lipinski definition) is 1. The van der Waals surface area contributed by atoms with E-state index in [1.165, 1.54) is 4.90 Å². The predicted molar refractivity (Wildman–Crippen MR) is 113 cm³/mol. The van der Waals surface area contributed by atoms with E-state index < -0.39 is 0 Å². The summed E-state index contributed by atoms with van der Waals surface area (Å²) in [4.78, 5) is 40.4. The van der Waals surface area contributed by atoms with Crippen LogP contribution in [0.1, 0.15) is 42.1 Å². The second-order valence-corrected chi connectivity index (χ2v) is 8.43. The predicted octanol–water partition coefficient (Wildman–Crippen LogP) is 4.83. The van der Waals surface area contributed by atoms with Gasteiger partial charge in [-0.3, -0.25) is 14.4 Å². The summed E-state index contributed by atoms with van der Waals surface area (Å²) in [7, 11) is 0. The van der Waals surface area contributed by atoms with Crippen molar-refractivity contribution in [3.8, 4) is 0 Å². The molecule has 3 amide bonds. The van der Waals surface area contributed by atoms with Crippen LogP contribution in [0.25, 0.3) is 0 Å². The van der Waals surface area contributed by atoms with E-state index in [9.17, 15) is 14.4 Å². The number of hydrogen-bond acceptors (Lipinski definition) is 3. The van der Waals surface area contributed by atoms with Crippen LogP contribution in [0.15, 0.2) is 42.5 Å². The highest BCUT2D eigenvalue weighted by atomic mass is 35.5. The van der Waals surface area contributed by atoms with Crippen LogP contribution in [-0.2, 0) is 9.59 Å². The minimum Gasteiger partial charge on any atom is -0.322 e. The fraction of sp³-hybridized carbons (Fsp3) is 0.348. The third-order valence-corrected chi connectivity index (χ3v) is 6.50. The molecule has 6 heteroatoms. The van der Waals surface area contributed by atoms with Gasteiger partial charge in [0.2, 0.25) is 11.8 Å². The number of halogens is 1. The number of carbonyl (C=O) groups excluding carboxylic acids is 3. The Bertz CT molecular complexity index is 1000. The number of amides is 3. The molecule has 1 saturated carbocycles. The molecular weight excluding hydrogens is 388 g/mol. The average molecular weight is 411 g/mol. The van der Waals surface area contributed by atoms with Crippen LogP contribution in [0.3, 0.4) is 0 Å². The van der Waals surface area contributed by atoms with Gasteiger partial charge in [-0.05, 0) is 61.9 Å². The molecule has 150 valence electrons. The SMILES string of the molecule is Cc1c(Cl)cccc1NC(=O)c1ccccc1N1C(=O)[C@H]2CC[C@H](C)C[C@@H]2C1=O. The van der Waals surface area contributed by atoms with Crippen molar-refractivity contribution in [2.24, 2.45) is 17.8 Å². The third-order valence-electron chi connectivity index (χ3n) is 6.09. The highest BCUT2D eigenvalue weighted by Gasteiger charge is 2.50. The maximum Gasteiger partial charge on any atom is 0.257 e. The van der Waals surface area contributed by atoms with Gasteiger partial charge in [0.15, 0.2) is 0 Å². The maximum absolute atomic E-state index is 13.1. The molecule has 2 aromatic rings. The van der Waals surface area contributed by atoms with Gasteiger partial charge in [-0.25, -0.2) is 4.90 Å². The van der Waals surface area contributed by atoms with Gasteiger partial charge in [-0.2, -0.15) is 0 Å². The zero-order valence-corrected chi connectivity index (χ0v) is 17.2.